The van der Waals surface area contributed by atoms with Crippen molar-refractivity contribution in [2.45, 2.75) is 6.61 Å². The van der Waals surface area contributed by atoms with E-state index < -0.39 is 29.2 Å². The van der Waals surface area contributed by atoms with Gasteiger partial charge in [-0.2, -0.15) is 5.10 Å². The van der Waals surface area contributed by atoms with E-state index in [2.05, 4.69) is 10.4 Å². The summed E-state index contributed by atoms with van der Waals surface area (Å²) in [5, 5.41) is 6.14. The van der Waals surface area contributed by atoms with Gasteiger partial charge in [0.2, 0.25) is 0 Å². The van der Waals surface area contributed by atoms with Crippen molar-refractivity contribution in [1.82, 2.24) is 9.78 Å². The van der Waals surface area contributed by atoms with Crippen molar-refractivity contribution < 1.29 is 22.7 Å². The summed E-state index contributed by atoms with van der Waals surface area (Å²) >= 11 is 0. The molecule has 0 aliphatic carbocycles. The van der Waals surface area contributed by atoms with Gasteiger partial charge in [0.05, 0.1) is 18.1 Å². The zero-order chi connectivity index (χ0) is 17.8. The van der Waals surface area contributed by atoms with Crippen molar-refractivity contribution in [3.63, 3.8) is 0 Å². The van der Waals surface area contributed by atoms with Crippen LogP contribution in [0.1, 0.15) is 5.56 Å². The van der Waals surface area contributed by atoms with Gasteiger partial charge in [0.25, 0.3) is 0 Å². The minimum atomic E-state index is -1.11. The molecule has 0 saturated heterocycles. The van der Waals surface area contributed by atoms with Gasteiger partial charge in [-0.1, -0.05) is 30.3 Å². The van der Waals surface area contributed by atoms with E-state index in [4.69, 9.17) is 4.74 Å². The smallest absolute Gasteiger partial charge is 0.412 e. The first kappa shape index (κ1) is 16.6. The molecule has 0 aliphatic rings. The summed E-state index contributed by atoms with van der Waals surface area (Å²) < 4.78 is 46.3. The molecule has 8 heteroatoms. The highest BCUT2D eigenvalue weighted by Crippen LogP contribution is 2.20. The maximum absolute atomic E-state index is 13.7. The highest BCUT2D eigenvalue weighted by Gasteiger charge is 2.15. The zero-order valence-corrected chi connectivity index (χ0v) is 12.7. The van der Waals surface area contributed by atoms with Gasteiger partial charge in [-0.3, -0.25) is 5.32 Å². The van der Waals surface area contributed by atoms with Crippen LogP contribution in [0.15, 0.2) is 54.9 Å². The molecule has 3 aromatic rings. The second kappa shape index (κ2) is 7.08. The van der Waals surface area contributed by atoms with Crippen LogP contribution in [-0.4, -0.2) is 15.9 Å². The molecule has 1 heterocycles. The minimum Gasteiger partial charge on any atom is -0.444 e. The van der Waals surface area contributed by atoms with E-state index in [1.165, 1.54) is 12.4 Å². The maximum Gasteiger partial charge on any atom is 0.412 e. The van der Waals surface area contributed by atoms with Crippen LogP contribution in [-0.2, 0) is 11.3 Å². The number of carbonyl (C=O) groups excluding carboxylic acids is 1. The first-order chi connectivity index (χ1) is 12.0. The number of aromatic nitrogens is 2. The van der Waals surface area contributed by atoms with Crippen LogP contribution in [0.2, 0.25) is 0 Å². The SMILES string of the molecule is O=C(Nc1cnn(-c2c(F)cc(F)cc2F)c1)OCc1ccccc1. The predicted octanol–water partition coefficient (Wildman–Crippen LogP) is 4.04. The van der Waals surface area contributed by atoms with Crippen LogP contribution >= 0.6 is 0 Å². The topological polar surface area (TPSA) is 56.2 Å². The maximum atomic E-state index is 13.7. The molecule has 1 amide bonds. The first-order valence-corrected chi connectivity index (χ1v) is 7.20. The van der Waals surface area contributed by atoms with Gasteiger partial charge in [-0.25, -0.2) is 22.6 Å². The quantitative estimate of drug-likeness (QED) is 0.775. The van der Waals surface area contributed by atoms with Crippen molar-refractivity contribution in [2.75, 3.05) is 5.32 Å². The third-order valence-corrected chi connectivity index (χ3v) is 3.25. The van der Waals surface area contributed by atoms with Crippen LogP contribution in [0.25, 0.3) is 5.69 Å². The number of benzene rings is 2. The van der Waals surface area contributed by atoms with Crippen molar-refractivity contribution in [3.05, 3.63) is 77.9 Å². The van der Waals surface area contributed by atoms with Crippen molar-refractivity contribution in [1.29, 1.82) is 0 Å². The van der Waals surface area contributed by atoms with Gasteiger partial charge in [-0.05, 0) is 5.56 Å². The number of nitrogens with one attached hydrogen (secondary N) is 1. The molecule has 0 unspecified atom stereocenters. The number of halogens is 3. The average Bonchev–Trinajstić information content (AvgIpc) is 3.01. The monoisotopic (exact) mass is 347 g/mol. The number of rotatable bonds is 4. The number of hydrogen-bond donors (Lipinski definition) is 1. The molecule has 1 aromatic heterocycles. The Labute approximate surface area is 140 Å². The van der Waals surface area contributed by atoms with Gasteiger partial charge in [-0.15, -0.1) is 0 Å². The zero-order valence-electron chi connectivity index (χ0n) is 12.7. The highest BCUT2D eigenvalue weighted by atomic mass is 19.1. The van der Waals surface area contributed by atoms with Crippen LogP contribution in [0, 0.1) is 17.5 Å². The molecular formula is C17H12F3N3O2. The number of anilines is 1. The predicted molar refractivity (Wildman–Crippen MR) is 83.7 cm³/mol. The normalized spacial score (nSPS) is 10.5. The summed E-state index contributed by atoms with van der Waals surface area (Å²) in [5.41, 5.74) is 0.428. The third-order valence-electron chi connectivity index (χ3n) is 3.25. The Morgan fingerprint density at radius 1 is 1.12 bits per heavy atom. The standard InChI is InChI=1S/C17H12F3N3O2/c18-12-6-14(19)16(15(20)7-12)23-9-13(8-21-23)22-17(24)25-10-11-4-2-1-3-5-11/h1-9H,10H2,(H,22,24). The van der Waals surface area contributed by atoms with E-state index >= 15 is 0 Å². The minimum absolute atomic E-state index is 0.0715. The van der Waals surface area contributed by atoms with Gasteiger partial charge < -0.3 is 4.74 Å². The number of amides is 1. The summed E-state index contributed by atoms with van der Waals surface area (Å²) in [5.74, 6) is -3.26. The molecule has 0 atom stereocenters. The van der Waals surface area contributed by atoms with Crippen LogP contribution < -0.4 is 5.32 Å². The second-order valence-corrected chi connectivity index (χ2v) is 5.08. The Kier molecular flexibility index (Phi) is 4.69. The first-order valence-electron chi connectivity index (χ1n) is 7.20. The molecule has 0 radical (unpaired) electrons. The Morgan fingerprint density at radius 2 is 1.80 bits per heavy atom. The lowest BCUT2D eigenvalue weighted by Gasteiger charge is -2.06. The molecule has 0 spiro atoms. The third kappa shape index (κ3) is 3.97. The van der Waals surface area contributed by atoms with E-state index in [-0.39, 0.29) is 12.3 Å². The Hall–Kier alpha value is -3.29. The largest absolute Gasteiger partial charge is 0.444 e. The summed E-state index contributed by atoms with van der Waals surface area (Å²) in [4.78, 5) is 11.7. The lowest BCUT2D eigenvalue weighted by molar-refractivity contribution is 0.155. The van der Waals surface area contributed by atoms with E-state index in [9.17, 15) is 18.0 Å². The molecule has 25 heavy (non-hydrogen) atoms. The van der Waals surface area contributed by atoms with Gasteiger partial charge in [0.1, 0.15) is 18.1 Å². The summed E-state index contributed by atoms with van der Waals surface area (Å²) in [6.07, 6.45) is 1.62. The summed E-state index contributed by atoms with van der Waals surface area (Å²) in [7, 11) is 0. The summed E-state index contributed by atoms with van der Waals surface area (Å²) in [6, 6.07) is 10.1. The molecule has 0 bridgehead atoms. The highest BCUT2D eigenvalue weighted by molar-refractivity contribution is 5.84. The van der Waals surface area contributed by atoms with Gasteiger partial charge in [0, 0.05) is 12.1 Å². The van der Waals surface area contributed by atoms with Crippen LogP contribution in [0.3, 0.4) is 0 Å². The Morgan fingerprint density at radius 3 is 2.48 bits per heavy atom. The van der Waals surface area contributed by atoms with Crippen LogP contribution in [0.5, 0.6) is 0 Å². The molecule has 0 fully saturated rings. The number of hydrogen-bond acceptors (Lipinski definition) is 3. The lowest BCUT2D eigenvalue weighted by Crippen LogP contribution is -2.13. The van der Waals surface area contributed by atoms with E-state index in [0.29, 0.717) is 12.1 Å². The molecule has 2 aromatic carbocycles. The molecule has 0 saturated carbocycles. The molecule has 5 nitrogen and oxygen atoms in total. The van der Waals surface area contributed by atoms with Gasteiger partial charge in [0.15, 0.2) is 11.6 Å². The molecule has 0 aliphatic heterocycles. The average molecular weight is 347 g/mol. The van der Waals surface area contributed by atoms with Crippen molar-refractivity contribution >= 4 is 11.8 Å². The Balaban J connectivity index is 1.67. The van der Waals surface area contributed by atoms with Crippen molar-refractivity contribution in [3.8, 4) is 5.69 Å². The number of carbonyl (C=O) groups is 1. The number of nitrogens with zero attached hydrogens (tertiary/aromatic N) is 2. The molecular weight excluding hydrogens is 335 g/mol. The molecule has 3 rings (SSSR count). The summed E-state index contributed by atoms with van der Waals surface area (Å²) in [6.45, 7) is 0.0715. The van der Waals surface area contributed by atoms with Crippen molar-refractivity contribution in [2.24, 2.45) is 0 Å². The fourth-order valence-corrected chi connectivity index (χ4v) is 2.14. The lowest BCUT2D eigenvalue weighted by atomic mass is 10.2. The fourth-order valence-electron chi connectivity index (χ4n) is 2.14. The fraction of sp³-hybridized carbons (Fsp3) is 0.0588. The van der Waals surface area contributed by atoms with E-state index in [0.717, 1.165) is 10.2 Å². The molecule has 128 valence electrons. The van der Waals surface area contributed by atoms with Crippen LogP contribution in [0.4, 0.5) is 23.7 Å². The second-order valence-electron chi connectivity index (χ2n) is 5.08. The number of ether oxygens (including phenoxy) is 1. The molecule has 1 N–H and O–H groups in total. The van der Waals surface area contributed by atoms with Gasteiger partial charge >= 0.3 is 6.09 Å². The van der Waals surface area contributed by atoms with E-state index in [1.54, 1.807) is 12.1 Å². The van der Waals surface area contributed by atoms with E-state index in [1.807, 2.05) is 18.2 Å². The Bertz CT molecular complexity index is 874.